The molecule has 0 spiro atoms. The van der Waals surface area contributed by atoms with E-state index in [0.717, 1.165) is 11.1 Å². The van der Waals surface area contributed by atoms with Crippen molar-refractivity contribution in [3.05, 3.63) is 69.3 Å². The molecule has 0 aliphatic rings. The highest BCUT2D eigenvalue weighted by molar-refractivity contribution is 6.09. The molecule has 0 fully saturated rings. The Bertz CT molecular complexity index is 2130. The second-order valence-corrected chi connectivity index (χ2v) is 17.8. The number of aliphatic carboxylic acids is 3. The minimum Gasteiger partial charge on any atom is -0.481 e. The van der Waals surface area contributed by atoms with E-state index in [4.69, 9.17) is 12.2 Å². The van der Waals surface area contributed by atoms with E-state index in [9.17, 15) is 39.3 Å². The quantitative estimate of drug-likeness (QED) is 0.123. The molecule has 1 aromatic heterocycles. The molecule has 0 aliphatic carbocycles. The Morgan fingerprint density at radius 3 is 1.91 bits per heavy atom. The Balaban J connectivity index is 2.34. The van der Waals surface area contributed by atoms with Crippen LogP contribution in [-0.2, 0) is 25.7 Å². The largest absolute Gasteiger partial charge is 0.481 e. The van der Waals surface area contributed by atoms with Crippen LogP contribution in [0.2, 0.25) is 0 Å². The van der Waals surface area contributed by atoms with Crippen LogP contribution in [0.4, 0.5) is 5.69 Å². The van der Waals surface area contributed by atoms with Crippen molar-refractivity contribution in [3.8, 4) is 12.3 Å². The van der Waals surface area contributed by atoms with Crippen molar-refractivity contribution in [1.29, 1.82) is 0 Å². The molecule has 0 saturated heterocycles. The van der Waals surface area contributed by atoms with Crippen LogP contribution < -0.4 is 16.2 Å². The van der Waals surface area contributed by atoms with E-state index >= 15 is 4.79 Å². The van der Waals surface area contributed by atoms with Crippen LogP contribution in [-0.4, -0.2) is 78.0 Å². The Hall–Kier alpha value is -5.55. The highest BCUT2D eigenvalue weighted by Crippen LogP contribution is 2.66. The van der Waals surface area contributed by atoms with Crippen LogP contribution in [0.25, 0.3) is 10.9 Å². The zero-order valence-corrected chi connectivity index (χ0v) is 34.9. The van der Waals surface area contributed by atoms with Gasteiger partial charge in [0.05, 0.1) is 23.9 Å². The molecule has 308 valence electrons. The number of aromatic nitrogens is 2. The third-order valence-electron chi connectivity index (χ3n) is 11.2. The number of fused-ring (bicyclic) bond motifs is 1. The maximum atomic E-state index is 15.1. The van der Waals surface area contributed by atoms with Crippen LogP contribution in [0.5, 0.6) is 0 Å². The van der Waals surface area contributed by atoms with E-state index in [-0.39, 0.29) is 24.2 Å². The number of carbonyl (C=O) groups excluding carboxylic acids is 2. The maximum Gasteiger partial charge on any atom is 0.331 e. The summed E-state index contributed by atoms with van der Waals surface area (Å²) in [6.45, 7) is 18.8. The van der Waals surface area contributed by atoms with Crippen molar-refractivity contribution < 1.29 is 39.3 Å². The lowest BCUT2D eigenvalue weighted by molar-refractivity contribution is -0.220. The fourth-order valence-electron chi connectivity index (χ4n) is 8.95. The zero-order valence-electron chi connectivity index (χ0n) is 34.9. The Labute approximate surface area is 333 Å². The number of rotatable bonds is 14. The predicted molar refractivity (Wildman–Crippen MR) is 218 cm³/mol. The van der Waals surface area contributed by atoms with Gasteiger partial charge < -0.3 is 30.9 Å². The van der Waals surface area contributed by atoms with E-state index in [1.165, 1.54) is 12.1 Å². The molecule has 2 aromatic carbocycles. The number of hydrogen-bond donors (Lipinski definition) is 5. The van der Waals surface area contributed by atoms with Gasteiger partial charge >= 0.3 is 17.9 Å². The van der Waals surface area contributed by atoms with E-state index in [0.29, 0.717) is 27.3 Å². The zero-order chi connectivity index (χ0) is 43.6. The van der Waals surface area contributed by atoms with Crippen LogP contribution in [0.15, 0.2) is 41.2 Å². The topological polar surface area (TPSA) is 224 Å². The molecule has 14 nitrogen and oxygen atoms in total. The first-order chi connectivity index (χ1) is 26.1. The summed E-state index contributed by atoms with van der Waals surface area (Å²) in [5.74, 6) is -3.26. The van der Waals surface area contributed by atoms with Gasteiger partial charge in [-0.15, -0.1) is 6.42 Å². The predicted octanol–water partition coefficient (Wildman–Crippen LogP) is 5.76. The summed E-state index contributed by atoms with van der Waals surface area (Å²) < 4.78 is 0. The molecule has 1 heterocycles. The number of benzene rings is 2. The molecule has 6 N–H and O–H groups in total. The van der Waals surface area contributed by atoms with E-state index in [2.05, 4.69) is 15.9 Å². The summed E-state index contributed by atoms with van der Waals surface area (Å²) >= 11 is 0. The number of nitrogens with two attached hydrogens (primary N) is 1. The fourth-order valence-corrected chi connectivity index (χ4v) is 8.95. The average molecular weight is 788 g/mol. The number of H-pyrrole nitrogens is 1. The summed E-state index contributed by atoms with van der Waals surface area (Å²) in [6.07, 6.45) is 3.98. The molecule has 0 aliphatic heterocycles. The maximum absolute atomic E-state index is 15.1. The second kappa shape index (κ2) is 16.5. The van der Waals surface area contributed by atoms with Gasteiger partial charge in [0.2, 0.25) is 5.91 Å². The minimum atomic E-state index is -2.55. The monoisotopic (exact) mass is 787 g/mol. The molecule has 0 bridgehead atoms. The number of imide groups is 1. The average Bonchev–Trinajstić information content (AvgIpc) is 3.06. The Morgan fingerprint density at radius 1 is 0.895 bits per heavy atom. The van der Waals surface area contributed by atoms with Crippen molar-refractivity contribution in [3.63, 3.8) is 0 Å². The molecule has 14 heteroatoms. The normalized spacial score (nSPS) is 13.9. The van der Waals surface area contributed by atoms with Crippen LogP contribution in [0, 0.1) is 47.9 Å². The number of aromatic amines is 1. The number of carboxylic acids is 3. The number of amides is 2. The summed E-state index contributed by atoms with van der Waals surface area (Å²) in [4.78, 5) is 91.2. The number of carboxylic acid groups (broad SMARTS) is 3. The third-order valence-corrected chi connectivity index (χ3v) is 11.2. The number of hydrogen-bond acceptors (Lipinski definition) is 9. The Kier molecular flexibility index (Phi) is 13.3. The number of carbonyl (C=O) groups is 5. The van der Waals surface area contributed by atoms with Gasteiger partial charge in [0.15, 0.2) is 5.54 Å². The van der Waals surface area contributed by atoms with E-state index in [1.807, 2.05) is 17.9 Å². The van der Waals surface area contributed by atoms with Gasteiger partial charge in [-0.1, -0.05) is 68.2 Å². The van der Waals surface area contributed by atoms with E-state index < -0.39 is 82.2 Å². The summed E-state index contributed by atoms with van der Waals surface area (Å²) in [5.41, 5.74) is -0.138. The molecule has 57 heavy (non-hydrogen) atoms. The Morgan fingerprint density at radius 2 is 1.46 bits per heavy atom. The van der Waals surface area contributed by atoms with Crippen molar-refractivity contribution in [2.75, 3.05) is 11.4 Å². The van der Waals surface area contributed by atoms with Crippen LogP contribution in [0.1, 0.15) is 109 Å². The molecule has 0 unspecified atom stereocenters. The second-order valence-electron chi connectivity index (χ2n) is 17.8. The number of anilines is 1. The first-order valence-electron chi connectivity index (χ1n) is 18.7. The van der Waals surface area contributed by atoms with Gasteiger partial charge in [0.1, 0.15) is 11.9 Å². The van der Waals surface area contributed by atoms with Crippen LogP contribution in [0.3, 0.4) is 0 Å². The van der Waals surface area contributed by atoms with Gasteiger partial charge in [-0.2, -0.15) is 0 Å². The highest BCUT2D eigenvalue weighted by atomic mass is 16.4. The SMILES string of the molecule is C#CCN(Cc1cc2c(=O)[nH]c(C)nc2cc1C)c1ccc(C(=O)N(C(=O)CC[C@H](N)C(=O)O)[C@](C(=O)O)(C(C)(C)C)C(CC(=O)O)(C(C)(C)C)C(C)(C)C)cc1. The summed E-state index contributed by atoms with van der Waals surface area (Å²) in [7, 11) is 0. The smallest absolute Gasteiger partial charge is 0.331 e. The van der Waals surface area contributed by atoms with Gasteiger partial charge in [-0.3, -0.25) is 28.9 Å². The van der Waals surface area contributed by atoms with Crippen LogP contribution >= 0.6 is 0 Å². The lowest BCUT2D eigenvalue weighted by atomic mass is 9.40. The number of terminal acetylenes is 1. The first-order valence-corrected chi connectivity index (χ1v) is 18.7. The van der Waals surface area contributed by atoms with Gasteiger partial charge in [0.25, 0.3) is 11.5 Å². The van der Waals surface area contributed by atoms with Crippen molar-refractivity contribution >= 4 is 46.3 Å². The standard InChI is InChI=1S/C43H57N5O9/c1-13-20-47(24-28-22-30-32(21-25(28)2)45-26(3)46-35(30)52)29-16-14-27(15-17-29)36(53)48(33(49)19-18-31(44)37(54)55)43(38(56)57,41(10,11)12)42(23-34(50)51,39(4,5)6)40(7,8)9/h1,14-17,21-22,31H,18-20,23-24,44H2,2-12H3,(H,50,51)(H,54,55)(H,56,57)(H,45,46,52)/t31-,43+/m0/s1. The van der Waals surface area contributed by atoms with Crippen molar-refractivity contribution in [2.45, 2.75) is 114 Å². The molecule has 2 atom stereocenters. The summed E-state index contributed by atoms with van der Waals surface area (Å²) in [5, 5.41) is 32.1. The molecule has 0 radical (unpaired) electrons. The molecular formula is C43H57N5O9. The van der Waals surface area contributed by atoms with E-state index in [1.54, 1.807) is 87.4 Å². The van der Waals surface area contributed by atoms with Gasteiger partial charge in [-0.25, -0.2) is 9.78 Å². The molecule has 3 rings (SSSR count). The summed E-state index contributed by atoms with van der Waals surface area (Å²) in [6, 6.07) is 8.12. The van der Waals surface area contributed by atoms with Gasteiger partial charge in [0, 0.05) is 29.6 Å². The molecule has 0 saturated carbocycles. The highest BCUT2D eigenvalue weighted by Gasteiger charge is 2.75. The first kappa shape index (κ1) is 45.8. The van der Waals surface area contributed by atoms with Crippen molar-refractivity contribution in [2.24, 2.45) is 27.4 Å². The van der Waals surface area contributed by atoms with Gasteiger partial charge in [-0.05, 0) is 84.0 Å². The molecular weight excluding hydrogens is 730 g/mol. The number of nitrogens with one attached hydrogen (secondary N) is 1. The number of nitrogens with zero attached hydrogens (tertiary/aromatic N) is 3. The number of aryl methyl sites for hydroxylation is 2. The fraction of sp³-hybridized carbons (Fsp3) is 0.512. The molecule has 2 amide bonds. The molecule has 3 aromatic rings. The third kappa shape index (κ3) is 8.59. The van der Waals surface area contributed by atoms with Crippen molar-refractivity contribution in [1.82, 2.24) is 14.9 Å². The lowest BCUT2D eigenvalue weighted by Crippen LogP contribution is -2.79. The lowest BCUT2D eigenvalue weighted by Gasteiger charge is -2.67. The minimum absolute atomic E-state index is 0.0907.